The largest absolute Gasteiger partial charge is 0.381 e. The summed E-state index contributed by atoms with van der Waals surface area (Å²) in [5, 5.41) is 0. The quantitative estimate of drug-likeness (QED) is 0.898. The van der Waals surface area contributed by atoms with Gasteiger partial charge in [0.05, 0.1) is 0 Å². The average molecular weight is 260 g/mol. The van der Waals surface area contributed by atoms with Crippen molar-refractivity contribution in [2.45, 2.75) is 33.2 Å². The van der Waals surface area contributed by atoms with Crippen LogP contribution < -0.4 is 5.73 Å². The number of hydrogen-bond donors (Lipinski definition) is 1. The number of nitrogen functional groups attached to an aromatic ring is 1. The summed E-state index contributed by atoms with van der Waals surface area (Å²) in [7, 11) is 0. The first-order valence-corrected chi connectivity index (χ1v) is 6.75. The topological polar surface area (TPSA) is 66.0 Å². The lowest BCUT2D eigenvalue weighted by atomic mass is 9.82. The van der Waals surface area contributed by atoms with Gasteiger partial charge in [0.1, 0.15) is 5.52 Å². The molecule has 2 N–H and O–H groups in total. The minimum absolute atomic E-state index is 0.214. The van der Waals surface area contributed by atoms with Gasteiger partial charge in [-0.2, -0.15) is 0 Å². The summed E-state index contributed by atoms with van der Waals surface area (Å²) in [6.07, 6.45) is 2.11. The summed E-state index contributed by atoms with van der Waals surface area (Å²) in [6, 6.07) is 3.95. The molecule has 0 amide bonds. The number of nitrogens with two attached hydrogens (primary N) is 1. The van der Waals surface area contributed by atoms with Crippen molar-refractivity contribution in [1.82, 2.24) is 14.5 Å². The summed E-state index contributed by atoms with van der Waals surface area (Å²) in [4.78, 5) is 8.98. The van der Waals surface area contributed by atoms with Crippen LogP contribution in [0.1, 0.15) is 25.5 Å². The van der Waals surface area contributed by atoms with E-state index < -0.39 is 0 Å². The van der Waals surface area contributed by atoms with E-state index in [4.69, 9.17) is 10.5 Å². The van der Waals surface area contributed by atoms with Crippen LogP contribution in [0.4, 0.5) is 5.95 Å². The monoisotopic (exact) mass is 260 g/mol. The zero-order chi connectivity index (χ0) is 13.5. The van der Waals surface area contributed by atoms with Crippen molar-refractivity contribution in [3.05, 3.63) is 17.8 Å². The van der Waals surface area contributed by atoms with Crippen LogP contribution in [0.15, 0.2) is 12.1 Å². The Morgan fingerprint density at radius 1 is 1.32 bits per heavy atom. The molecule has 0 atom stereocenters. The van der Waals surface area contributed by atoms with Gasteiger partial charge in [-0.05, 0) is 37.3 Å². The SMILES string of the molecule is Cc1ccc2nc(N)n(CC3(C)CCOCC3)c2n1. The van der Waals surface area contributed by atoms with E-state index in [1.807, 2.05) is 23.6 Å². The van der Waals surface area contributed by atoms with Crippen molar-refractivity contribution in [1.29, 1.82) is 0 Å². The van der Waals surface area contributed by atoms with E-state index >= 15 is 0 Å². The van der Waals surface area contributed by atoms with Crippen LogP contribution in [-0.4, -0.2) is 27.7 Å². The maximum absolute atomic E-state index is 6.06. The van der Waals surface area contributed by atoms with Gasteiger partial charge in [0.15, 0.2) is 5.65 Å². The number of ether oxygens (including phenoxy) is 1. The lowest BCUT2D eigenvalue weighted by molar-refractivity contribution is 0.0162. The Morgan fingerprint density at radius 3 is 2.79 bits per heavy atom. The molecule has 5 nitrogen and oxygen atoms in total. The maximum atomic E-state index is 6.06. The Hall–Kier alpha value is -1.62. The second-order valence-corrected chi connectivity index (χ2v) is 5.77. The third-order valence-electron chi connectivity index (χ3n) is 4.00. The average Bonchev–Trinajstić information content (AvgIpc) is 2.67. The van der Waals surface area contributed by atoms with Crippen molar-refractivity contribution >= 4 is 17.1 Å². The lowest BCUT2D eigenvalue weighted by Crippen LogP contribution is -2.31. The number of anilines is 1. The van der Waals surface area contributed by atoms with Gasteiger partial charge >= 0.3 is 0 Å². The highest BCUT2D eigenvalue weighted by atomic mass is 16.5. The van der Waals surface area contributed by atoms with Crippen LogP contribution in [0.5, 0.6) is 0 Å². The standard InChI is InChI=1S/C14H20N4O/c1-10-3-4-11-12(16-10)18(13(15)17-11)9-14(2)5-7-19-8-6-14/h3-4H,5-9H2,1-2H3,(H2,15,17). The number of rotatable bonds is 2. The number of fused-ring (bicyclic) bond motifs is 1. The zero-order valence-electron chi connectivity index (χ0n) is 11.5. The first-order valence-electron chi connectivity index (χ1n) is 6.75. The first-order chi connectivity index (χ1) is 9.07. The molecule has 5 heteroatoms. The fourth-order valence-corrected chi connectivity index (χ4v) is 2.67. The molecule has 2 aromatic heterocycles. The third-order valence-corrected chi connectivity index (χ3v) is 4.00. The van der Waals surface area contributed by atoms with E-state index in [1.165, 1.54) is 0 Å². The predicted octanol–water partition coefficient (Wildman–Crippen LogP) is 2.14. The third kappa shape index (κ3) is 2.30. The number of pyridine rings is 1. The van der Waals surface area contributed by atoms with Gasteiger partial charge in [-0.1, -0.05) is 6.92 Å². The molecule has 0 bridgehead atoms. The Balaban J connectivity index is 1.99. The summed E-state index contributed by atoms with van der Waals surface area (Å²) >= 11 is 0. The number of hydrogen-bond acceptors (Lipinski definition) is 4. The van der Waals surface area contributed by atoms with Gasteiger partial charge in [0.25, 0.3) is 0 Å². The van der Waals surface area contributed by atoms with Gasteiger partial charge in [-0.25, -0.2) is 9.97 Å². The Bertz CT molecular complexity index is 599. The van der Waals surface area contributed by atoms with E-state index in [9.17, 15) is 0 Å². The fourth-order valence-electron chi connectivity index (χ4n) is 2.67. The zero-order valence-corrected chi connectivity index (χ0v) is 11.5. The van der Waals surface area contributed by atoms with Crippen LogP contribution in [-0.2, 0) is 11.3 Å². The normalized spacial score (nSPS) is 18.8. The lowest BCUT2D eigenvalue weighted by Gasteiger charge is -2.34. The second kappa shape index (κ2) is 4.49. The molecule has 102 valence electrons. The van der Waals surface area contributed by atoms with Crippen molar-refractivity contribution in [3.8, 4) is 0 Å². The second-order valence-electron chi connectivity index (χ2n) is 5.77. The van der Waals surface area contributed by atoms with Crippen LogP contribution >= 0.6 is 0 Å². The Kier molecular flexibility index (Phi) is 2.93. The molecule has 0 saturated carbocycles. The summed E-state index contributed by atoms with van der Waals surface area (Å²) in [5.41, 5.74) is 9.03. The molecule has 1 saturated heterocycles. The highest BCUT2D eigenvalue weighted by molar-refractivity contribution is 5.74. The summed E-state index contributed by atoms with van der Waals surface area (Å²) < 4.78 is 7.50. The van der Waals surface area contributed by atoms with E-state index in [-0.39, 0.29) is 5.41 Å². The Morgan fingerprint density at radius 2 is 2.05 bits per heavy atom. The van der Waals surface area contributed by atoms with E-state index in [0.717, 1.165) is 49.5 Å². The van der Waals surface area contributed by atoms with E-state index in [2.05, 4.69) is 16.9 Å². The van der Waals surface area contributed by atoms with Crippen molar-refractivity contribution in [2.75, 3.05) is 18.9 Å². The maximum Gasteiger partial charge on any atom is 0.202 e. The molecule has 1 aliphatic heterocycles. The van der Waals surface area contributed by atoms with E-state index in [1.54, 1.807) is 0 Å². The van der Waals surface area contributed by atoms with Gasteiger partial charge in [0.2, 0.25) is 5.95 Å². The molecular formula is C14H20N4O. The highest BCUT2D eigenvalue weighted by Crippen LogP contribution is 2.33. The van der Waals surface area contributed by atoms with Gasteiger partial charge in [0, 0.05) is 25.5 Å². The van der Waals surface area contributed by atoms with Gasteiger partial charge < -0.3 is 10.5 Å². The predicted molar refractivity (Wildman–Crippen MR) is 74.8 cm³/mol. The number of aryl methyl sites for hydroxylation is 1. The van der Waals surface area contributed by atoms with E-state index in [0.29, 0.717) is 5.95 Å². The first kappa shape index (κ1) is 12.4. The molecule has 0 spiro atoms. The minimum atomic E-state index is 0.214. The molecule has 19 heavy (non-hydrogen) atoms. The molecule has 0 aliphatic carbocycles. The molecule has 0 aromatic carbocycles. The smallest absolute Gasteiger partial charge is 0.202 e. The molecule has 0 radical (unpaired) electrons. The molecule has 0 unspecified atom stereocenters. The molecule has 1 aliphatic rings. The van der Waals surface area contributed by atoms with Crippen LogP contribution in [0, 0.1) is 12.3 Å². The molecule has 1 fully saturated rings. The molecule has 3 heterocycles. The number of imidazole rings is 1. The summed E-state index contributed by atoms with van der Waals surface area (Å²) in [6.45, 7) is 6.79. The number of nitrogens with zero attached hydrogens (tertiary/aromatic N) is 3. The van der Waals surface area contributed by atoms with Gasteiger partial charge in [-0.15, -0.1) is 0 Å². The Labute approximate surface area is 112 Å². The minimum Gasteiger partial charge on any atom is -0.381 e. The van der Waals surface area contributed by atoms with Crippen molar-refractivity contribution < 1.29 is 4.74 Å². The van der Waals surface area contributed by atoms with Crippen LogP contribution in [0.3, 0.4) is 0 Å². The number of aromatic nitrogens is 3. The molecule has 2 aromatic rings. The highest BCUT2D eigenvalue weighted by Gasteiger charge is 2.29. The van der Waals surface area contributed by atoms with Crippen LogP contribution in [0.25, 0.3) is 11.2 Å². The summed E-state index contributed by atoms with van der Waals surface area (Å²) in [5.74, 6) is 0.556. The van der Waals surface area contributed by atoms with Crippen LogP contribution in [0.2, 0.25) is 0 Å². The van der Waals surface area contributed by atoms with Crippen molar-refractivity contribution in [3.63, 3.8) is 0 Å². The van der Waals surface area contributed by atoms with Crippen molar-refractivity contribution in [2.24, 2.45) is 5.41 Å². The van der Waals surface area contributed by atoms with Gasteiger partial charge in [-0.3, -0.25) is 4.57 Å². The molecule has 3 rings (SSSR count). The molecular weight excluding hydrogens is 240 g/mol. The fraction of sp³-hybridized carbons (Fsp3) is 0.571.